The molecule has 0 bridgehead atoms. The lowest BCUT2D eigenvalue weighted by Crippen LogP contribution is -2.11. The fourth-order valence-corrected chi connectivity index (χ4v) is 9.56. The third-order valence-electron chi connectivity index (χ3n) is 12.7. The van der Waals surface area contributed by atoms with Crippen molar-refractivity contribution in [1.82, 2.24) is 0 Å². The maximum absolute atomic E-state index is 6.69. The Balaban J connectivity index is 0.984. The van der Waals surface area contributed by atoms with E-state index >= 15 is 0 Å². The van der Waals surface area contributed by atoms with Crippen LogP contribution in [-0.2, 0) is 0 Å². The first-order valence-corrected chi connectivity index (χ1v) is 21.9. The summed E-state index contributed by atoms with van der Waals surface area (Å²) in [6.07, 6.45) is 0. The molecule has 1 aromatic heterocycles. The summed E-state index contributed by atoms with van der Waals surface area (Å²) in [6.45, 7) is 0. The van der Waals surface area contributed by atoms with Gasteiger partial charge in [-0.05, 0) is 121 Å². The van der Waals surface area contributed by atoms with Crippen LogP contribution in [0.3, 0.4) is 0 Å². The minimum absolute atomic E-state index is 0.877. The average Bonchev–Trinajstić information content (AvgIpc) is 3.77. The van der Waals surface area contributed by atoms with Gasteiger partial charge in [-0.2, -0.15) is 0 Å². The molecule has 2 heteroatoms. The van der Waals surface area contributed by atoms with Gasteiger partial charge in [0.15, 0.2) is 0 Å². The van der Waals surface area contributed by atoms with E-state index in [4.69, 9.17) is 4.42 Å². The summed E-state index contributed by atoms with van der Waals surface area (Å²) in [7, 11) is 0. The quantitative estimate of drug-likeness (QED) is 0.152. The smallest absolute Gasteiger partial charge is 0.143 e. The fourth-order valence-electron chi connectivity index (χ4n) is 9.56. The third kappa shape index (κ3) is 6.61. The summed E-state index contributed by atoms with van der Waals surface area (Å²) in [6, 6.07) is 89.6. The van der Waals surface area contributed by atoms with Crippen LogP contribution in [0.1, 0.15) is 0 Å². The van der Waals surface area contributed by atoms with Crippen molar-refractivity contribution < 1.29 is 4.42 Å². The molecule has 0 saturated carbocycles. The third-order valence-corrected chi connectivity index (χ3v) is 12.7. The number of fused-ring (bicyclic) bond motifs is 6. The minimum Gasteiger partial charge on any atom is -0.455 e. The Morgan fingerprint density at radius 3 is 1.48 bits per heavy atom. The van der Waals surface area contributed by atoms with Crippen molar-refractivity contribution in [2.24, 2.45) is 0 Å². The zero-order valence-electron chi connectivity index (χ0n) is 35.0. The molecule has 0 aliphatic heterocycles. The average molecular weight is 816 g/mol. The SMILES string of the molecule is c1ccc(-c2cccc(-c3ccc(N(c4ccc(-c5cccc(-c6cccc7ccccc67)c5)cc4)c4ccccc4-c4cccc5oc6c7ccccc7ccc6c45)cc3)c2)cc1. The largest absolute Gasteiger partial charge is 0.455 e. The highest BCUT2D eigenvalue weighted by Gasteiger charge is 2.21. The van der Waals surface area contributed by atoms with Crippen molar-refractivity contribution in [2.45, 2.75) is 0 Å². The zero-order chi connectivity index (χ0) is 42.4. The highest BCUT2D eigenvalue weighted by atomic mass is 16.3. The van der Waals surface area contributed by atoms with Gasteiger partial charge in [-0.25, -0.2) is 0 Å². The van der Waals surface area contributed by atoms with Gasteiger partial charge in [-0.15, -0.1) is 0 Å². The van der Waals surface area contributed by atoms with Gasteiger partial charge >= 0.3 is 0 Å². The Kier molecular flexibility index (Phi) is 9.20. The molecular formula is C62H41NO. The molecule has 11 aromatic carbocycles. The van der Waals surface area contributed by atoms with Gasteiger partial charge < -0.3 is 9.32 Å². The normalized spacial score (nSPS) is 11.4. The summed E-state index contributed by atoms with van der Waals surface area (Å²) in [5.41, 5.74) is 16.8. The number of rotatable bonds is 8. The Labute approximate surface area is 372 Å². The van der Waals surface area contributed by atoms with Crippen LogP contribution in [0.5, 0.6) is 0 Å². The summed E-state index contributed by atoms with van der Waals surface area (Å²) < 4.78 is 6.69. The van der Waals surface area contributed by atoms with E-state index in [1.54, 1.807) is 0 Å². The van der Waals surface area contributed by atoms with E-state index in [0.717, 1.165) is 66.6 Å². The molecule has 0 amide bonds. The lowest BCUT2D eigenvalue weighted by atomic mass is 9.95. The number of para-hydroxylation sites is 1. The number of anilines is 3. The van der Waals surface area contributed by atoms with E-state index in [-0.39, 0.29) is 0 Å². The Bertz CT molecular complexity index is 3650. The summed E-state index contributed by atoms with van der Waals surface area (Å²) in [5.74, 6) is 0. The summed E-state index contributed by atoms with van der Waals surface area (Å²) in [4.78, 5) is 2.40. The predicted octanol–water partition coefficient (Wildman–Crippen LogP) is 17.7. The number of benzene rings is 11. The molecule has 1 heterocycles. The maximum Gasteiger partial charge on any atom is 0.143 e. The second kappa shape index (κ2) is 15.8. The standard InChI is InChI=1S/C62H41NO/c1-2-14-42(15-3-1)47-19-10-20-48(40-47)43-30-35-51(36-31-43)63(52-37-32-44(33-38-52)49-21-11-22-50(41-49)54-26-12-18-45-16-4-6-23-53(45)54)59-28-9-8-25-56(59)57-27-13-29-60-61(57)58-39-34-46-17-5-7-24-55(46)62(58)64-60/h1-41H. The van der Waals surface area contributed by atoms with E-state index in [0.29, 0.717) is 0 Å². The number of hydrogen-bond donors (Lipinski definition) is 0. The molecule has 0 aliphatic rings. The molecule has 2 nitrogen and oxygen atoms in total. The van der Waals surface area contributed by atoms with Crippen LogP contribution in [0.4, 0.5) is 17.1 Å². The van der Waals surface area contributed by atoms with Crippen molar-refractivity contribution in [3.8, 4) is 55.6 Å². The topological polar surface area (TPSA) is 16.4 Å². The molecule has 0 radical (unpaired) electrons. The van der Waals surface area contributed by atoms with Crippen molar-refractivity contribution >= 4 is 60.5 Å². The van der Waals surface area contributed by atoms with Crippen molar-refractivity contribution in [1.29, 1.82) is 0 Å². The van der Waals surface area contributed by atoms with Gasteiger partial charge in [0.2, 0.25) is 0 Å². The second-order valence-corrected chi connectivity index (χ2v) is 16.4. The van der Waals surface area contributed by atoms with Crippen LogP contribution in [0.25, 0.3) is 99.1 Å². The van der Waals surface area contributed by atoms with Gasteiger partial charge in [0.05, 0.1) is 5.69 Å². The number of hydrogen-bond acceptors (Lipinski definition) is 2. The van der Waals surface area contributed by atoms with Crippen LogP contribution in [0.15, 0.2) is 253 Å². The Morgan fingerprint density at radius 2 is 0.766 bits per heavy atom. The van der Waals surface area contributed by atoms with Gasteiger partial charge in [0.1, 0.15) is 11.2 Å². The van der Waals surface area contributed by atoms with Gasteiger partial charge in [-0.3, -0.25) is 0 Å². The molecule has 64 heavy (non-hydrogen) atoms. The van der Waals surface area contributed by atoms with Crippen molar-refractivity contribution in [2.75, 3.05) is 4.90 Å². The molecule has 0 spiro atoms. The highest BCUT2D eigenvalue weighted by Crippen LogP contribution is 2.46. The molecule has 12 aromatic rings. The number of nitrogens with zero attached hydrogens (tertiary/aromatic N) is 1. The molecule has 0 aliphatic carbocycles. The lowest BCUT2D eigenvalue weighted by molar-refractivity contribution is 0.673. The van der Waals surface area contributed by atoms with Crippen LogP contribution < -0.4 is 4.90 Å². The monoisotopic (exact) mass is 815 g/mol. The first-order chi connectivity index (χ1) is 31.7. The summed E-state index contributed by atoms with van der Waals surface area (Å²) in [5, 5.41) is 7.02. The molecular weight excluding hydrogens is 775 g/mol. The van der Waals surface area contributed by atoms with E-state index in [9.17, 15) is 0 Å². The van der Waals surface area contributed by atoms with Crippen LogP contribution in [0, 0.1) is 0 Å². The second-order valence-electron chi connectivity index (χ2n) is 16.4. The highest BCUT2D eigenvalue weighted by molar-refractivity contribution is 6.19. The van der Waals surface area contributed by atoms with Crippen LogP contribution >= 0.6 is 0 Å². The van der Waals surface area contributed by atoms with Crippen molar-refractivity contribution in [3.63, 3.8) is 0 Å². The maximum atomic E-state index is 6.69. The molecule has 0 atom stereocenters. The molecule has 0 N–H and O–H groups in total. The van der Waals surface area contributed by atoms with E-state index in [1.807, 2.05) is 0 Å². The molecule has 0 saturated heterocycles. The van der Waals surface area contributed by atoms with Gasteiger partial charge in [0.25, 0.3) is 0 Å². The molecule has 12 rings (SSSR count). The van der Waals surface area contributed by atoms with Gasteiger partial charge in [-0.1, -0.05) is 194 Å². The molecule has 300 valence electrons. The first kappa shape index (κ1) is 37.3. The van der Waals surface area contributed by atoms with E-state index in [1.165, 1.54) is 49.5 Å². The van der Waals surface area contributed by atoms with Gasteiger partial charge in [0, 0.05) is 33.1 Å². The Morgan fingerprint density at radius 1 is 0.281 bits per heavy atom. The zero-order valence-corrected chi connectivity index (χ0v) is 35.0. The lowest BCUT2D eigenvalue weighted by Gasteiger charge is -2.28. The van der Waals surface area contributed by atoms with Crippen LogP contribution in [-0.4, -0.2) is 0 Å². The first-order valence-electron chi connectivity index (χ1n) is 21.9. The number of furan rings is 1. The summed E-state index contributed by atoms with van der Waals surface area (Å²) >= 11 is 0. The van der Waals surface area contributed by atoms with Crippen LogP contribution in [0.2, 0.25) is 0 Å². The molecule has 0 unspecified atom stereocenters. The Hall–Kier alpha value is -8.46. The van der Waals surface area contributed by atoms with Crippen molar-refractivity contribution in [3.05, 3.63) is 249 Å². The fraction of sp³-hybridized carbons (Fsp3) is 0. The van der Waals surface area contributed by atoms with E-state index < -0.39 is 0 Å². The predicted molar refractivity (Wildman–Crippen MR) is 271 cm³/mol. The van der Waals surface area contributed by atoms with E-state index in [2.05, 4.69) is 254 Å². The molecule has 0 fully saturated rings. The minimum atomic E-state index is 0.877.